The van der Waals surface area contributed by atoms with Crippen LogP contribution in [0, 0.1) is 0 Å². The molecule has 6 heteroatoms. The summed E-state index contributed by atoms with van der Waals surface area (Å²) >= 11 is 0. The van der Waals surface area contributed by atoms with E-state index in [4.69, 9.17) is 0 Å². The highest BCUT2D eigenvalue weighted by molar-refractivity contribution is 7.89. The van der Waals surface area contributed by atoms with Gasteiger partial charge in [-0.3, -0.25) is 4.79 Å². The molecule has 3 aromatic carbocycles. The SMILES string of the molecule is C/C(=C\c1ccccc1)C(=O)Nc1ccc(S(=O)(=O)NCCc2ccccc2)cc1. The van der Waals surface area contributed by atoms with Gasteiger partial charge in [0.15, 0.2) is 0 Å². The average Bonchev–Trinajstić information content (AvgIpc) is 2.75. The van der Waals surface area contributed by atoms with Gasteiger partial charge in [0.2, 0.25) is 10.0 Å². The lowest BCUT2D eigenvalue weighted by Crippen LogP contribution is -2.26. The number of sulfonamides is 1. The third-order valence-corrected chi connectivity index (χ3v) is 5.99. The van der Waals surface area contributed by atoms with E-state index < -0.39 is 10.0 Å². The Morgan fingerprint density at radius 2 is 1.47 bits per heavy atom. The summed E-state index contributed by atoms with van der Waals surface area (Å²) in [5.41, 5.74) is 3.09. The van der Waals surface area contributed by atoms with Gasteiger partial charge in [0.05, 0.1) is 4.90 Å². The monoisotopic (exact) mass is 420 g/mol. The number of nitrogens with one attached hydrogen (secondary N) is 2. The van der Waals surface area contributed by atoms with E-state index in [1.54, 1.807) is 25.1 Å². The Kier molecular flexibility index (Phi) is 7.17. The number of rotatable bonds is 8. The van der Waals surface area contributed by atoms with Crippen molar-refractivity contribution in [1.82, 2.24) is 4.72 Å². The third-order valence-electron chi connectivity index (χ3n) is 4.51. The molecule has 0 bridgehead atoms. The molecule has 0 saturated heterocycles. The van der Waals surface area contributed by atoms with Crippen molar-refractivity contribution in [3.63, 3.8) is 0 Å². The van der Waals surface area contributed by atoms with E-state index in [2.05, 4.69) is 10.0 Å². The number of hydrogen-bond donors (Lipinski definition) is 2. The van der Waals surface area contributed by atoms with Crippen LogP contribution in [0.3, 0.4) is 0 Å². The molecule has 0 aliphatic carbocycles. The zero-order valence-corrected chi connectivity index (χ0v) is 17.5. The van der Waals surface area contributed by atoms with Crippen LogP contribution in [-0.2, 0) is 21.2 Å². The molecule has 0 heterocycles. The molecule has 1 amide bonds. The lowest BCUT2D eigenvalue weighted by molar-refractivity contribution is -0.112. The largest absolute Gasteiger partial charge is 0.322 e. The van der Waals surface area contributed by atoms with Crippen LogP contribution in [0.15, 0.2) is 95.4 Å². The molecule has 2 N–H and O–H groups in total. The molecule has 0 aliphatic rings. The summed E-state index contributed by atoms with van der Waals surface area (Å²) in [5.74, 6) is -0.240. The fourth-order valence-electron chi connectivity index (χ4n) is 2.87. The number of carbonyl (C=O) groups excluding carboxylic acids is 1. The predicted molar refractivity (Wildman–Crippen MR) is 120 cm³/mol. The van der Waals surface area contributed by atoms with Gasteiger partial charge in [-0.1, -0.05) is 60.7 Å². The second-order valence-corrected chi connectivity index (χ2v) is 8.62. The molecule has 0 fully saturated rings. The highest BCUT2D eigenvalue weighted by Gasteiger charge is 2.14. The lowest BCUT2D eigenvalue weighted by Gasteiger charge is -2.09. The first kappa shape index (κ1) is 21.5. The Morgan fingerprint density at radius 1 is 0.867 bits per heavy atom. The number of hydrogen-bond acceptors (Lipinski definition) is 3. The molecular formula is C24H24N2O3S. The van der Waals surface area contributed by atoms with Gasteiger partial charge < -0.3 is 5.32 Å². The van der Waals surface area contributed by atoms with Crippen molar-refractivity contribution in [3.05, 3.63) is 102 Å². The molecule has 0 radical (unpaired) electrons. The highest BCUT2D eigenvalue weighted by atomic mass is 32.2. The maximum Gasteiger partial charge on any atom is 0.251 e. The van der Waals surface area contributed by atoms with E-state index in [-0.39, 0.29) is 10.8 Å². The van der Waals surface area contributed by atoms with E-state index in [1.807, 2.05) is 60.7 Å². The molecule has 0 spiro atoms. The molecule has 0 saturated carbocycles. The van der Waals surface area contributed by atoms with Crippen molar-refractivity contribution in [2.75, 3.05) is 11.9 Å². The van der Waals surface area contributed by atoms with E-state index in [0.29, 0.717) is 24.2 Å². The van der Waals surface area contributed by atoms with Gasteiger partial charge in [-0.2, -0.15) is 0 Å². The summed E-state index contributed by atoms with van der Waals surface area (Å²) < 4.78 is 27.5. The van der Waals surface area contributed by atoms with Crippen LogP contribution in [0.4, 0.5) is 5.69 Å². The van der Waals surface area contributed by atoms with Crippen LogP contribution >= 0.6 is 0 Å². The molecule has 154 valence electrons. The number of anilines is 1. The van der Waals surface area contributed by atoms with Gasteiger partial charge in [-0.15, -0.1) is 0 Å². The lowest BCUT2D eigenvalue weighted by atomic mass is 10.1. The zero-order chi connectivity index (χ0) is 21.4. The minimum atomic E-state index is -3.61. The summed E-state index contributed by atoms with van der Waals surface area (Å²) in [7, 11) is -3.61. The van der Waals surface area contributed by atoms with Gasteiger partial charge in [0.1, 0.15) is 0 Å². The molecule has 3 aromatic rings. The maximum atomic E-state index is 12.5. The molecule has 0 aliphatic heterocycles. The van der Waals surface area contributed by atoms with Gasteiger partial charge >= 0.3 is 0 Å². The minimum Gasteiger partial charge on any atom is -0.322 e. The average molecular weight is 421 g/mol. The van der Waals surface area contributed by atoms with E-state index >= 15 is 0 Å². The Bertz CT molecular complexity index is 1110. The van der Waals surface area contributed by atoms with Crippen molar-refractivity contribution in [2.24, 2.45) is 0 Å². The van der Waals surface area contributed by atoms with Gasteiger partial charge in [0.25, 0.3) is 5.91 Å². The fourth-order valence-corrected chi connectivity index (χ4v) is 3.90. The quantitative estimate of drug-likeness (QED) is 0.535. The molecule has 0 atom stereocenters. The normalized spacial score (nSPS) is 11.8. The summed E-state index contributed by atoms with van der Waals surface area (Å²) in [6, 6.07) is 25.4. The first-order chi connectivity index (χ1) is 14.4. The Labute approximate surface area is 177 Å². The van der Waals surface area contributed by atoms with E-state index in [0.717, 1.165) is 11.1 Å². The summed E-state index contributed by atoms with van der Waals surface area (Å²) in [4.78, 5) is 12.5. The van der Waals surface area contributed by atoms with Gasteiger partial charge in [-0.25, -0.2) is 13.1 Å². The van der Waals surface area contributed by atoms with Crippen LogP contribution in [0.1, 0.15) is 18.1 Å². The topological polar surface area (TPSA) is 75.3 Å². The van der Waals surface area contributed by atoms with Crippen molar-refractivity contribution in [1.29, 1.82) is 0 Å². The minimum absolute atomic E-state index is 0.158. The molecule has 30 heavy (non-hydrogen) atoms. The van der Waals surface area contributed by atoms with Crippen LogP contribution in [0.2, 0.25) is 0 Å². The molecule has 3 rings (SSSR count). The Balaban J connectivity index is 1.58. The van der Waals surface area contributed by atoms with E-state index in [1.165, 1.54) is 12.1 Å². The van der Waals surface area contributed by atoms with Gasteiger partial charge in [0, 0.05) is 17.8 Å². The predicted octanol–water partition coefficient (Wildman–Crippen LogP) is 4.25. The Hall–Kier alpha value is -3.22. The molecule has 0 aromatic heterocycles. The highest BCUT2D eigenvalue weighted by Crippen LogP contribution is 2.16. The first-order valence-corrected chi connectivity index (χ1v) is 11.1. The molecule has 0 unspecified atom stereocenters. The van der Waals surface area contributed by atoms with Crippen LogP contribution < -0.4 is 10.0 Å². The second-order valence-electron chi connectivity index (χ2n) is 6.85. The second kappa shape index (κ2) is 10.0. The smallest absolute Gasteiger partial charge is 0.251 e. The summed E-state index contributed by atoms with van der Waals surface area (Å²) in [6.45, 7) is 2.05. The standard InChI is InChI=1S/C24H24N2O3S/c1-19(18-21-10-6-3-7-11-21)24(27)26-22-12-14-23(15-13-22)30(28,29)25-17-16-20-8-4-2-5-9-20/h2-15,18,25H,16-17H2,1H3,(H,26,27)/b19-18+. The summed E-state index contributed by atoms with van der Waals surface area (Å²) in [5, 5.41) is 2.78. The van der Waals surface area contributed by atoms with Crippen LogP contribution in [0.5, 0.6) is 0 Å². The summed E-state index contributed by atoms with van der Waals surface area (Å²) in [6.07, 6.45) is 2.41. The third kappa shape index (κ3) is 6.14. The van der Waals surface area contributed by atoms with Crippen LogP contribution in [0.25, 0.3) is 6.08 Å². The first-order valence-electron chi connectivity index (χ1n) is 9.62. The number of carbonyl (C=O) groups is 1. The maximum absolute atomic E-state index is 12.5. The van der Waals surface area contributed by atoms with Crippen molar-refractivity contribution < 1.29 is 13.2 Å². The fraction of sp³-hybridized carbons (Fsp3) is 0.125. The molecule has 5 nitrogen and oxygen atoms in total. The van der Waals surface area contributed by atoms with Crippen LogP contribution in [-0.4, -0.2) is 20.9 Å². The van der Waals surface area contributed by atoms with Crippen molar-refractivity contribution in [3.8, 4) is 0 Å². The zero-order valence-electron chi connectivity index (χ0n) is 16.7. The Morgan fingerprint density at radius 3 is 2.10 bits per heavy atom. The number of amides is 1. The van der Waals surface area contributed by atoms with E-state index in [9.17, 15) is 13.2 Å². The number of benzene rings is 3. The van der Waals surface area contributed by atoms with Gasteiger partial charge in [-0.05, 0) is 54.8 Å². The van der Waals surface area contributed by atoms with Crippen molar-refractivity contribution in [2.45, 2.75) is 18.2 Å². The molecular weight excluding hydrogens is 396 g/mol. The van der Waals surface area contributed by atoms with Crippen molar-refractivity contribution >= 4 is 27.7 Å².